The fourth-order valence-corrected chi connectivity index (χ4v) is 3.17. The molecule has 18 heteroatoms. The van der Waals surface area contributed by atoms with Crippen molar-refractivity contribution >= 4 is 34.2 Å². The molecule has 200 valence electrons. The van der Waals surface area contributed by atoms with Crippen molar-refractivity contribution in [3.8, 4) is 0 Å². The third-order valence-electron chi connectivity index (χ3n) is 5.17. The summed E-state index contributed by atoms with van der Waals surface area (Å²) in [4.78, 5) is 46.5. The molecule has 18 nitrogen and oxygen atoms in total. The van der Waals surface area contributed by atoms with Gasteiger partial charge in [0.2, 0.25) is 11.9 Å². The summed E-state index contributed by atoms with van der Waals surface area (Å²) in [5.74, 6) is 0.182. The van der Waals surface area contributed by atoms with Gasteiger partial charge in [0.1, 0.15) is 25.7 Å². The Bertz CT molecular complexity index is 1330. The van der Waals surface area contributed by atoms with E-state index in [1.807, 2.05) is 0 Å². The van der Waals surface area contributed by atoms with Gasteiger partial charge in [-0.15, -0.1) is 0 Å². The molecule has 4 rings (SSSR count). The lowest BCUT2D eigenvalue weighted by Gasteiger charge is -2.13. The minimum atomic E-state index is -0.790. The number of ether oxygens (including phenoxy) is 2. The van der Waals surface area contributed by atoms with Crippen LogP contribution < -0.4 is 21.8 Å². The highest BCUT2D eigenvalue weighted by Crippen LogP contribution is 2.11. The van der Waals surface area contributed by atoms with E-state index in [1.54, 1.807) is 0 Å². The summed E-state index contributed by atoms with van der Waals surface area (Å²) in [6.45, 7) is -1.72. The summed E-state index contributed by atoms with van der Waals surface area (Å²) < 4.78 is 13.6. The maximum Gasteiger partial charge on any atom is 0.280 e. The van der Waals surface area contributed by atoms with Crippen molar-refractivity contribution in [3.63, 3.8) is 0 Å². The molecule has 4 aromatic rings. The lowest BCUT2D eigenvalue weighted by molar-refractivity contribution is -0.0488. The largest absolute Gasteiger partial charge is 0.394 e. The number of aromatic amines is 2. The molecule has 4 heterocycles. The normalized spacial score (nSPS) is 11.8. The number of nitrogens with zero attached hydrogens (tertiary/aromatic N) is 6. The van der Waals surface area contributed by atoms with Crippen LogP contribution in [0.4, 0.5) is 11.9 Å². The Labute approximate surface area is 206 Å². The SMILES string of the molecule is O=c1[nH]c(NCNc2nc3c(ncn3COC(CO)CO)c(=O)[nH]2)nc2c1ncn2COC(CO)CO. The number of aromatic nitrogens is 8. The Morgan fingerprint density at radius 1 is 0.757 bits per heavy atom. The van der Waals surface area contributed by atoms with Gasteiger partial charge in [0.05, 0.1) is 45.8 Å². The number of fused-ring (bicyclic) bond motifs is 2. The highest BCUT2D eigenvalue weighted by Gasteiger charge is 2.14. The molecule has 0 saturated heterocycles. The van der Waals surface area contributed by atoms with Crippen LogP contribution in [0.2, 0.25) is 0 Å². The zero-order valence-corrected chi connectivity index (χ0v) is 19.4. The maximum atomic E-state index is 12.4. The first kappa shape index (κ1) is 26.1. The zero-order chi connectivity index (χ0) is 26.4. The van der Waals surface area contributed by atoms with Gasteiger partial charge in [-0.05, 0) is 0 Å². The number of anilines is 2. The van der Waals surface area contributed by atoms with Gasteiger partial charge in [0.15, 0.2) is 22.3 Å². The molecule has 37 heavy (non-hydrogen) atoms. The Hall–Kier alpha value is -3.94. The van der Waals surface area contributed by atoms with Crippen LogP contribution in [0.1, 0.15) is 0 Å². The molecule has 4 aromatic heterocycles. The van der Waals surface area contributed by atoms with E-state index in [1.165, 1.54) is 21.8 Å². The third kappa shape index (κ3) is 5.90. The van der Waals surface area contributed by atoms with Crippen molar-refractivity contribution in [2.24, 2.45) is 0 Å². The van der Waals surface area contributed by atoms with Crippen molar-refractivity contribution in [2.75, 3.05) is 43.7 Å². The second-order valence-corrected chi connectivity index (χ2v) is 7.70. The molecular weight excluding hydrogens is 496 g/mol. The number of rotatable bonds is 14. The van der Waals surface area contributed by atoms with Crippen LogP contribution in [-0.2, 0) is 22.9 Å². The molecule has 0 radical (unpaired) electrons. The van der Waals surface area contributed by atoms with Crippen molar-refractivity contribution < 1.29 is 29.9 Å². The first-order chi connectivity index (χ1) is 18.0. The average Bonchev–Trinajstić information content (AvgIpc) is 3.50. The smallest absolute Gasteiger partial charge is 0.280 e. The number of imidazole rings is 2. The van der Waals surface area contributed by atoms with E-state index in [0.717, 1.165) is 0 Å². The number of nitrogens with one attached hydrogen (secondary N) is 4. The molecule has 0 aliphatic heterocycles. The van der Waals surface area contributed by atoms with Gasteiger partial charge in [0.25, 0.3) is 11.1 Å². The van der Waals surface area contributed by atoms with Crippen LogP contribution in [0, 0.1) is 0 Å². The number of hydrogen-bond acceptors (Lipinski definition) is 14. The Kier molecular flexibility index (Phi) is 8.38. The lowest BCUT2D eigenvalue weighted by atomic mass is 10.4. The van der Waals surface area contributed by atoms with E-state index in [-0.39, 0.29) is 80.8 Å². The molecular formula is C19H26N10O8. The molecule has 0 aromatic carbocycles. The molecule has 0 unspecified atom stereocenters. The topological polar surface area (TPSA) is 251 Å². The summed E-state index contributed by atoms with van der Waals surface area (Å²) in [6.07, 6.45) is 1.12. The predicted octanol–water partition coefficient (Wildman–Crippen LogP) is -3.31. The second kappa shape index (κ2) is 11.9. The van der Waals surface area contributed by atoms with Gasteiger partial charge in [0, 0.05) is 0 Å². The standard InChI is InChI=1S/C19H26N10O8/c30-1-10(2-31)36-8-28-6-22-12-14(28)24-18(26-16(12)34)20-5-21-19-25-15-13(17(35)27-19)23-7-29(15)9-37-11(3-32)4-33/h6-7,10-11,30-33H,1-5,8-9H2,(H2,20,24,26,34)(H2,21,25,27,35). The van der Waals surface area contributed by atoms with E-state index in [0.29, 0.717) is 0 Å². The molecule has 0 bridgehead atoms. The second-order valence-electron chi connectivity index (χ2n) is 7.70. The van der Waals surface area contributed by atoms with Crippen LogP contribution in [0.25, 0.3) is 22.3 Å². The quantitative estimate of drug-likeness (QED) is 0.0755. The summed E-state index contributed by atoms with van der Waals surface area (Å²) in [5, 5.41) is 42.3. The Balaban J connectivity index is 1.45. The number of aliphatic hydroxyl groups is 4. The highest BCUT2D eigenvalue weighted by molar-refractivity contribution is 5.71. The molecule has 0 aliphatic carbocycles. The summed E-state index contributed by atoms with van der Waals surface area (Å²) in [5.41, 5.74) is -0.448. The maximum absolute atomic E-state index is 12.4. The molecule has 0 aliphatic rings. The highest BCUT2D eigenvalue weighted by atomic mass is 16.5. The molecule has 0 atom stereocenters. The summed E-state index contributed by atoms with van der Waals surface area (Å²) >= 11 is 0. The Morgan fingerprint density at radius 3 is 1.54 bits per heavy atom. The fraction of sp³-hybridized carbons (Fsp3) is 0.474. The van der Waals surface area contributed by atoms with Crippen LogP contribution >= 0.6 is 0 Å². The van der Waals surface area contributed by atoms with Crippen LogP contribution in [0.5, 0.6) is 0 Å². The minimum Gasteiger partial charge on any atom is -0.394 e. The van der Waals surface area contributed by atoms with Gasteiger partial charge in [-0.1, -0.05) is 0 Å². The van der Waals surface area contributed by atoms with Gasteiger partial charge in [-0.2, -0.15) is 9.97 Å². The van der Waals surface area contributed by atoms with E-state index >= 15 is 0 Å². The molecule has 8 N–H and O–H groups in total. The summed E-state index contributed by atoms with van der Waals surface area (Å²) in [6, 6.07) is 0. The van der Waals surface area contributed by atoms with Crippen molar-refractivity contribution in [3.05, 3.63) is 33.4 Å². The zero-order valence-electron chi connectivity index (χ0n) is 19.4. The number of hydrogen-bond donors (Lipinski definition) is 8. The average molecular weight is 522 g/mol. The fourth-order valence-electron chi connectivity index (χ4n) is 3.17. The van der Waals surface area contributed by atoms with Gasteiger partial charge < -0.3 is 40.5 Å². The Morgan fingerprint density at radius 2 is 1.16 bits per heavy atom. The van der Waals surface area contributed by atoms with Crippen molar-refractivity contribution in [1.82, 2.24) is 39.0 Å². The van der Waals surface area contributed by atoms with Crippen molar-refractivity contribution in [2.45, 2.75) is 25.7 Å². The van der Waals surface area contributed by atoms with E-state index in [9.17, 15) is 9.59 Å². The molecule has 0 fully saturated rings. The van der Waals surface area contributed by atoms with Gasteiger partial charge in [-0.3, -0.25) is 28.7 Å². The molecule has 0 amide bonds. The monoisotopic (exact) mass is 522 g/mol. The van der Waals surface area contributed by atoms with Crippen LogP contribution in [0.3, 0.4) is 0 Å². The molecule has 0 spiro atoms. The lowest BCUT2D eigenvalue weighted by Crippen LogP contribution is -2.24. The van der Waals surface area contributed by atoms with Crippen LogP contribution in [-0.4, -0.2) is 105 Å². The van der Waals surface area contributed by atoms with Gasteiger partial charge in [-0.25, -0.2) is 9.97 Å². The number of aliphatic hydroxyl groups excluding tert-OH is 4. The first-order valence-corrected chi connectivity index (χ1v) is 11.0. The third-order valence-corrected chi connectivity index (χ3v) is 5.17. The van der Waals surface area contributed by atoms with Crippen molar-refractivity contribution in [1.29, 1.82) is 0 Å². The number of H-pyrrole nitrogens is 2. The van der Waals surface area contributed by atoms with E-state index in [4.69, 9.17) is 29.9 Å². The van der Waals surface area contributed by atoms with E-state index < -0.39 is 23.3 Å². The minimum absolute atomic E-state index is 0.00757. The van der Waals surface area contributed by atoms with E-state index in [2.05, 4.69) is 40.5 Å². The molecule has 0 saturated carbocycles. The predicted molar refractivity (Wildman–Crippen MR) is 126 cm³/mol. The summed E-state index contributed by atoms with van der Waals surface area (Å²) in [7, 11) is 0. The van der Waals surface area contributed by atoms with Crippen LogP contribution in [0.15, 0.2) is 22.2 Å². The first-order valence-electron chi connectivity index (χ1n) is 11.0. The van der Waals surface area contributed by atoms with Gasteiger partial charge >= 0.3 is 0 Å².